The van der Waals surface area contributed by atoms with Crippen molar-refractivity contribution in [1.29, 1.82) is 0 Å². The smallest absolute Gasteiger partial charge is 0.168 e. The summed E-state index contributed by atoms with van der Waals surface area (Å²) in [4.78, 5) is 14.6. The van der Waals surface area contributed by atoms with E-state index in [4.69, 9.17) is 23.2 Å². The molecule has 0 amide bonds. The van der Waals surface area contributed by atoms with E-state index in [1.54, 1.807) is 23.0 Å². The van der Waals surface area contributed by atoms with Gasteiger partial charge in [-0.3, -0.25) is 4.79 Å². The molecule has 5 heteroatoms. The Morgan fingerprint density at radius 1 is 1.35 bits per heavy atom. The Bertz CT molecular complexity index is 537. The van der Waals surface area contributed by atoms with Crippen molar-refractivity contribution in [3.05, 3.63) is 52.0 Å². The van der Waals surface area contributed by atoms with Gasteiger partial charge in [0.2, 0.25) is 0 Å². The minimum absolute atomic E-state index is 0.565. The SMILES string of the molecule is O=Cc1cncn1CCc1ccc(Cl)cc1Cl. The molecule has 0 aliphatic heterocycles. The van der Waals surface area contributed by atoms with Crippen LogP contribution in [-0.2, 0) is 13.0 Å². The van der Waals surface area contributed by atoms with E-state index in [-0.39, 0.29) is 0 Å². The van der Waals surface area contributed by atoms with Gasteiger partial charge in [-0.05, 0) is 24.1 Å². The van der Waals surface area contributed by atoms with Crippen LogP contribution in [0.25, 0.3) is 0 Å². The zero-order chi connectivity index (χ0) is 12.3. The number of rotatable bonds is 4. The highest BCUT2D eigenvalue weighted by molar-refractivity contribution is 6.35. The molecule has 0 unspecified atom stereocenters. The van der Waals surface area contributed by atoms with Crippen LogP contribution in [0, 0.1) is 0 Å². The van der Waals surface area contributed by atoms with Crippen LogP contribution in [-0.4, -0.2) is 15.8 Å². The molecule has 0 N–H and O–H groups in total. The van der Waals surface area contributed by atoms with Gasteiger partial charge in [0, 0.05) is 16.6 Å². The van der Waals surface area contributed by atoms with Gasteiger partial charge in [-0.15, -0.1) is 0 Å². The van der Waals surface area contributed by atoms with E-state index in [2.05, 4.69) is 4.98 Å². The topological polar surface area (TPSA) is 34.9 Å². The molecule has 1 aromatic carbocycles. The van der Waals surface area contributed by atoms with Crippen molar-refractivity contribution >= 4 is 29.5 Å². The van der Waals surface area contributed by atoms with Crippen molar-refractivity contribution in [1.82, 2.24) is 9.55 Å². The van der Waals surface area contributed by atoms with Gasteiger partial charge in [-0.1, -0.05) is 29.3 Å². The van der Waals surface area contributed by atoms with Crippen molar-refractivity contribution < 1.29 is 4.79 Å². The molecule has 17 heavy (non-hydrogen) atoms. The number of benzene rings is 1. The van der Waals surface area contributed by atoms with Crippen LogP contribution >= 0.6 is 23.2 Å². The van der Waals surface area contributed by atoms with Gasteiger partial charge in [0.25, 0.3) is 0 Å². The second-order valence-corrected chi connectivity index (χ2v) is 4.46. The maximum absolute atomic E-state index is 10.7. The van der Waals surface area contributed by atoms with Crippen LogP contribution in [0.15, 0.2) is 30.7 Å². The molecular weight excluding hydrogens is 259 g/mol. The molecule has 88 valence electrons. The van der Waals surface area contributed by atoms with Gasteiger partial charge in [0.1, 0.15) is 5.69 Å². The van der Waals surface area contributed by atoms with Crippen molar-refractivity contribution in [2.75, 3.05) is 0 Å². The Labute approximate surface area is 109 Å². The molecule has 0 saturated heterocycles. The first-order valence-electron chi connectivity index (χ1n) is 5.10. The normalized spacial score (nSPS) is 10.5. The number of imidazole rings is 1. The lowest BCUT2D eigenvalue weighted by molar-refractivity contribution is 0.111. The summed E-state index contributed by atoms with van der Waals surface area (Å²) in [5.41, 5.74) is 1.57. The molecule has 3 nitrogen and oxygen atoms in total. The monoisotopic (exact) mass is 268 g/mol. The predicted octanol–water partition coefficient (Wildman–Crippen LogP) is 3.25. The number of aldehydes is 1. The van der Waals surface area contributed by atoms with Gasteiger partial charge in [0.05, 0.1) is 12.5 Å². The minimum Gasteiger partial charge on any atom is -0.328 e. The van der Waals surface area contributed by atoms with Crippen LogP contribution in [0.3, 0.4) is 0 Å². The van der Waals surface area contributed by atoms with E-state index in [0.29, 0.717) is 22.3 Å². The molecule has 0 spiro atoms. The maximum atomic E-state index is 10.7. The summed E-state index contributed by atoms with van der Waals surface area (Å²) in [5.74, 6) is 0. The van der Waals surface area contributed by atoms with Crippen LogP contribution in [0.5, 0.6) is 0 Å². The first kappa shape index (κ1) is 12.1. The number of nitrogens with zero attached hydrogens (tertiary/aromatic N) is 2. The number of carbonyl (C=O) groups is 1. The molecule has 1 aromatic heterocycles. The third kappa shape index (κ3) is 2.87. The van der Waals surface area contributed by atoms with Crippen LogP contribution in [0.2, 0.25) is 10.0 Å². The summed E-state index contributed by atoms with van der Waals surface area (Å²) < 4.78 is 1.79. The van der Waals surface area contributed by atoms with Gasteiger partial charge in [-0.2, -0.15) is 0 Å². The number of aryl methyl sites for hydroxylation is 2. The molecule has 0 atom stereocenters. The summed E-state index contributed by atoms with van der Waals surface area (Å²) in [7, 11) is 0. The second-order valence-electron chi connectivity index (χ2n) is 3.62. The van der Waals surface area contributed by atoms with Gasteiger partial charge in [-0.25, -0.2) is 4.98 Å². The number of halogens is 2. The molecule has 1 heterocycles. The van der Waals surface area contributed by atoms with Crippen LogP contribution in [0.1, 0.15) is 16.1 Å². The third-order valence-corrected chi connectivity index (χ3v) is 3.09. The summed E-state index contributed by atoms with van der Waals surface area (Å²) in [6, 6.07) is 5.41. The fourth-order valence-electron chi connectivity index (χ4n) is 1.58. The molecule has 0 bridgehead atoms. The molecule has 0 radical (unpaired) electrons. The van der Waals surface area contributed by atoms with Crippen molar-refractivity contribution in [3.63, 3.8) is 0 Å². The van der Waals surface area contributed by atoms with Crippen molar-refractivity contribution in [2.45, 2.75) is 13.0 Å². The highest BCUT2D eigenvalue weighted by Crippen LogP contribution is 2.21. The lowest BCUT2D eigenvalue weighted by Crippen LogP contribution is -2.04. The van der Waals surface area contributed by atoms with Crippen LogP contribution < -0.4 is 0 Å². The molecule has 2 aromatic rings. The van der Waals surface area contributed by atoms with E-state index >= 15 is 0 Å². The first-order valence-corrected chi connectivity index (χ1v) is 5.85. The number of hydrogen-bond acceptors (Lipinski definition) is 2. The quantitative estimate of drug-likeness (QED) is 0.798. The lowest BCUT2D eigenvalue weighted by Gasteiger charge is -2.06. The van der Waals surface area contributed by atoms with E-state index in [0.717, 1.165) is 18.3 Å². The van der Waals surface area contributed by atoms with Crippen molar-refractivity contribution in [2.24, 2.45) is 0 Å². The van der Waals surface area contributed by atoms with E-state index in [1.807, 2.05) is 6.07 Å². The summed E-state index contributed by atoms with van der Waals surface area (Å²) >= 11 is 11.9. The average Bonchev–Trinajstić information content (AvgIpc) is 2.75. The Hall–Kier alpha value is -1.32. The Morgan fingerprint density at radius 3 is 2.88 bits per heavy atom. The Balaban J connectivity index is 2.10. The lowest BCUT2D eigenvalue weighted by atomic mass is 10.1. The minimum atomic E-state index is 0.565. The third-order valence-electron chi connectivity index (χ3n) is 2.50. The predicted molar refractivity (Wildman–Crippen MR) is 67.8 cm³/mol. The first-order chi connectivity index (χ1) is 8.20. The number of aromatic nitrogens is 2. The summed E-state index contributed by atoms with van der Waals surface area (Å²) in [5, 5.41) is 1.26. The van der Waals surface area contributed by atoms with E-state index < -0.39 is 0 Å². The summed E-state index contributed by atoms with van der Waals surface area (Å²) in [6.07, 6.45) is 4.69. The van der Waals surface area contributed by atoms with Crippen molar-refractivity contribution in [3.8, 4) is 0 Å². The Kier molecular flexibility index (Phi) is 3.82. The van der Waals surface area contributed by atoms with Crippen LogP contribution in [0.4, 0.5) is 0 Å². The second kappa shape index (κ2) is 5.34. The maximum Gasteiger partial charge on any atom is 0.168 e. The molecule has 2 rings (SSSR count). The average molecular weight is 269 g/mol. The highest BCUT2D eigenvalue weighted by Gasteiger charge is 2.04. The molecule has 0 aliphatic rings. The van der Waals surface area contributed by atoms with Gasteiger partial charge < -0.3 is 4.57 Å². The van der Waals surface area contributed by atoms with E-state index in [1.165, 1.54) is 6.20 Å². The Morgan fingerprint density at radius 2 is 2.18 bits per heavy atom. The number of carbonyl (C=O) groups excluding carboxylic acids is 1. The molecule has 0 saturated carbocycles. The van der Waals surface area contributed by atoms with Gasteiger partial charge >= 0.3 is 0 Å². The molecule has 0 aliphatic carbocycles. The molecule has 0 fully saturated rings. The fourth-order valence-corrected chi connectivity index (χ4v) is 2.08. The molecular formula is C12H10Cl2N2O. The fraction of sp³-hybridized carbons (Fsp3) is 0.167. The highest BCUT2D eigenvalue weighted by atomic mass is 35.5. The zero-order valence-electron chi connectivity index (χ0n) is 8.94. The largest absolute Gasteiger partial charge is 0.328 e. The van der Waals surface area contributed by atoms with E-state index in [9.17, 15) is 4.79 Å². The van der Waals surface area contributed by atoms with Gasteiger partial charge in [0.15, 0.2) is 6.29 Å². The summed E-state index contributed by atoms with van der Waals surface area (Å²) in [6.45, 7) is 0.662. The standard InChI is InChI=1S/C12H10Cl2N2O/c13-10-2-1-9(12(14)5-10)3-4-16-8-15-6-11(16)7-17/h1-2,5-8H,3-4H2. The number of hydrogen-bond donors (Lipinski definition) is 0. The zero-order valence-corrected chi connectivity index (χ0v) is 10.4.